The number of hydrogen-bond acceptors (Lipinski definition) is 8. The predicted molar refractivity (Wildman–Crippen MR) is 135 cm³/mol. The van der Waals surface area contributed by atoms with Crippen LogP contribution in [0.2, 0.25) is 0 Å². The van der Waals surface area contributed by atoms with E-state index in [0.29, 0.717) is 30.6 Å². The molecule has 0 radical (unpaired) electrons. The lowest BCUT2D eigenvalue weighted by Gasteiger charge is -2.32. The van der Waals surface area contributed by atoms with Crippen LogP contribution in [-0.4, -0.2) is 52.7 Å². The molecule has 0 bridgehead atoms. The Labute approximate surface area is 218 Å². The monoisotopic (exact) mass is 538 g/mol. The number of piperidine rings is 1. The van der Waals surface area contributed by atoms with Crippen molar-refractivity contribution in [2.24, 2.45) is 4.99 Å². The summed E-state index contributed by atoms with van der Waals surface area (Å²) < 4.78 is 60.0. The lowest BCUT2D eigenvalue weighted by molar-refractivity contribution is 0.326. The minimum Gasteiger partial charge on any atom is -0.432 e. The van der Waals surface area contributed by atoms with Crippen molar-refractivity contribution in [2.45, 2.75) is 35.9 Å². The van der Waals surface area contributed by atoms with Crippen LogP contribution in [0, 0.1) is 11.6 Å². The van der Waals surface area contributed by atoms with Crippen molar-refractivity contribution in [2.75, 3.05) is 18.4 Å². The first kappa shape index (κ1) is 24.4. The summed E-state index contributed by atoms with van der Waals surface area (Å²) in [6.45, 7) is 0.604. The SMILES string of the molecule is O=S(=O)(c1ccc(F)cc1)N1CCC[C@H](Nc2nccc(C3C(c4ccc(F)cc4)N=C4OC=CN43)n2)C1. The molecule has 2 aromatic carbocycles. The highest BCUT2D eigenvalue weighted by Crippen LogP contribution is 2.43. The van der Waals surface area contributed by atoms with Crippen LogP contribution < -0.4 is 5.32 Å². The molecule has 6 rings (SSSR count). The Kier molecular flexibility index (Phi) is 6.28. The zero-order valence-electron chi connectivity index (χ0n) is 20.1. The maximum atomic E-state index is 13.5. The molecule has 12 heteroatoms. The molecule has 3 aliphatic heterocycles. The maximum absolute atomic E-state index is 13.5. The molecule has 2 unspecified atom stereocenters. The molecule has 1 fully saturated rings. The molecule has 0 saturated carbocycles. The van der Waals surface area contributed by atoms with Gasteiger partial charge >= 0.3 is 0 Å². The maximum Gasteiger partial charge on any atom is 0.298 e. The number of anilines is 1. The molecule has 4 heterocycles. The molecule has 0 spiro atoms. The standard InChI is InChI=1S/C26H24F2N6O3S/c27-18-5-3-17(4-6-18)23-24(34-14-15-37-26(34)32-23)22-11-12-29-25(31-22)30-20-2-1-13-33(16-20)38(35,36)21-9-7-19(28)8-10-21/h3-12,14-15,20,23-24H,1-2,13,16H2,(H,29,30,31)/t20-,23?,24?/m0/s1. The Bertz CT molecular complexity index is 1500. The average Bonchev–Trinajstić information content (AvgIpc) is 3.51. The summed E-state index contributed by atoms with van der Waals surface area (Å²) in [7, 11) is -3.76. The number of hydrogen-bond donors (Lipinski definition) is 1. The third-order valence-corrected chi connectivity index (χ3v) is 8.70. The third-order valence-electron chi connectivity index (χ3n) is 6.82. The Balaban J connectivity index is 1.22. The fraction of sp³-hybridized carbons (Fsp3) is 0.269. The van der Waals surface area contributed by atoms with Crippen molar-refractivity contribution in [3.63, 3.8) is 0 Å². The van der Waals surface area contributed by atoms with Gasteiger partial charge in [0.15, 0.2) is 0 Å². The van der Waals surface area contributed by atoms with Gasteiger partial charge in [-0.1, -0.05) is 12.1 Å². The summed E-state index contributed by atoms with van der Waals surface area (Å²) in [6.07, 6.45) is 6.36. The molecule has 1 saturated heterocycles. The summed E-state index contributed by atoms with van der Waals surface area (Å²) >= 11 is 0. The molecule has 196 valence electrons. The second-order valence-corrected chi connectivity index (χ2v) is 11.2. The van der Waals surface area contributed by atoms with Crippen LogP contribution in [0.5, 0.6) is 0 Å². The van der Waals surface area contributed by atoms with Crippen LogP contribution in [0.25, 0.3) is 0 Å². The van der Waals surface area contributed by atoms with Gasteiger partial charge in [0.05, 0.1) is 10.6 Å². The summed E-state index contributed by atoms with van der Waals surface area (Å²) in [5.41, 5.74) is 1.50. The second-order valence-electron chi connectivity index (χ2n) is 9.27. The summed E-state index contributed by atoms with van der Waals surface area (Å²) in [5.74, 6) is -0.454. The van der Waals surface area contributed by atoms with E-state index in [1.54, 1.807) is 36.9 Å². The lowest BCUT2D eigenvalue weighted by Crippen LogP contribution is -2.45. The van der Waals surface area contributed by atoms with E-state index in [2.05, 4.69) is 15.3 Å². The predicted octanol–water partition coefficient (Wildman–Crippen LogP) is 3.98. The number of aromatic nitrogens is 2. The Morgan fingerprint density at radius 1 is 1.00 bits per heavy atom. The minimum atomic E-state index is -3.76. The van der Waals surface area contributed by atoms with Gasteiger partial charge in [-0.25, -0.2) is 32.2 Å². The van der Waals surface area contributed by atoms with Crippen LogP contribution in [0.1, 0.15) is 36.2 Å². The molecule has 3 aromatic rings. The number of benzene rings is 2. The van der Waals surface area contributed by atoms with Crippen LogP contribution in [0.15, 0.2) is 83.1 Å². The lowest BCUT2D eigenvalue weighted by atomic mass is 9.97. The van der Waals surface area contributed by atoms with Crippen LogP contribution >= 0.6 is 0 Å². The first-order valence-electron chi connectivity index (χ1n) is 12.2. The molecule has 1 aromatic heterocycles. The van der Waals surface area contributed by atoms with Gasteiger partial charge in [-0.2, -0.15) is 4.31 Å². The highest BCUT2D eigenvalue weighted by molar-refractivity contribution is 7.89. The molecular weight excluding hydrogens is 514 g/mol. The van der Waals surface area contributed by atoms with Crippen molar-refractivity contribution in [1.82, 2.24) is 19.2 Å². The molecule has 3 aliphatic rings. The number of nitrogens with zero attached hydrogens (tertiary/aromatic N) is 5. The van der Waals surface area contributed by atoms with E-state index < -0.39 is 15.8 Å². The van der Waals surface area contributed by atoms with Gasteiger partial charge in [0.1, 0.15) is 30.0 Å². The zero-order valence-corrected chi connectivity index (χ0v) is 20.9. The van der Waals surface area contributed by atoms with E-state index >= 15 is 0 Å². The molecule has 0 aliphatic carbocycles. The minimum absolute atomic E-state index is 0.0579. The number of halogens is 2. The first-order chi connectivity index (χ1) is 18.4. The third kappa shape index (κ3) is 4.61. The van der Waals surface area contributed by atoms with Crippen molar-refractivity contribution in [3.05, 3.63) is 96.1 Å². The fourth-order valence-corrected chi connectivity index (χ4v) is 6.50. The first-order valence-corrected chi connectivity index (χ1v) is 13.6. The van der Waals surface area contributed by atoms with Gasteiger partial charge in [-0.05, 0) is 60.9 Å². The number of fused-ring (bicyclic) bond motifs is 1. The van der Waals surface area contributed by atoms with Gasteiger partial charge < -0.3 is 10.1 Å². The number of amidine groups is 1. The largest absolute Gasteiger partial charge is 0.432 e. The number of ether oxygens (including phenoxy) is 1. The van der Waals surface area contributed by atoms with Gasteiger partial charge in [0, 0.05) is 31.5 Å². The second kappa shape index (κ2) is 9.76. The van der Waals surface area contributed by atoms with Crippen molar-refractivity contribution in [1.29, 1.82) is 0 Å². The van der Waals surface area contributed by atoms with E-state index in [0.717, 1.165) is 24.1 Å². The summed E-state index contributed by atoms with van der Waals surface area (Å²) in [4.78, 5) is 15.7. The van der Waals surface area contributed by atoms with E-state index in [4.69, 9.17) is 9.72 Å². The van der Waals surface area contributed by atoms with Crippen LogP contribution in [0.4, 0.5) is 14.7 Å². The summed E-state index contributed by atoms with van der Waals surface area (Å²) in [6, 6.07) is 12.3. The Morgan fingerprint density at radius 3 is 2.50 bits per heavy atom. The van der Waals surface area contributed by atoms with Crippen LogP contribution in [0.3, 0.4) is 0 Å². The van der Waals surface area contributed by atoms with E-state index in [1.807, 2.05) is 4.90 Å². The molecule has 0 amide bonds. The smallest absolute Gasteiger partial charge is 0.298 e. The van der Waals surface area contributed by atoms with Gasteiger partial charge in [0.25, 0.3) is 6.02 Å². The number of aliphatic imine (C=N–C) groups is 1. The zero-order chi connectivity index (χ0) is 26.3. The highest BCUT2D eigenvalue weighted by atomic mass is 32.2. The molecule has 38 heavy (non-hydrogen) atoms. The van der Waals surface area contributed by atoms with E-state index in [1.165, 1.54) is 28.6 Å². The van der Waals surface area contributed by atoms with E-state index in [9.17, 15) is 17.2 Å². The number of rotatable bonds is 6. The Hall–Kier alpha value is -3.90. The van der Waals surface area contributed by atoms with Gasteiger partial charge in [-0.3, -0.25) is 4.90 Å². The van der Waals surface area contributed by atoms with E-state index in [-0.39, 0.29) is 35.4 Å². The van der Waals surface area contributed by atoms with Crippen molar-refractivity contribution in [3.8, 4) is 0 Å². The molecule has 1 N–H and O–H groups in total. The number of sulfonamides is 1. The molecular formula is C26H24F2N6O3S. The Morgan fingerprint density at radius 2 is 1.74 bits per heavy atom. The molecule has 3 atom stereocenters. The van der Waals surface area contributed by atoms with Crippen LogP contribution in [-0.2, 0) is 14.8 Å². The quantitative estimate of drug-likeness (QED) is 0.507. The van der Waals surface area contributed by atoms with Crippen molar-refractivity contribution < 1.29 is 21.9 Å². The topological polar surface area (TPSA) is 100 Å². The highest BCUT2D eigenvalue weighted by Gasteiger charge is 2.41. The average molecular weight is 539 g/mol. The number of nitrogens with one attached hydrogen (secondary N) is 1. The van der Waals surface area contributed by atoms with Gasteiger partial charge in [-0.15, -0.1) is 0 Å². The normalized spacial score (nSPS) is 23.2. The van der Waals surface area contributed by atoms with Gasteiger partial charge in [0.2, 0.25) is 16.0 Å². The van der Waals surface area contributed by atoms with Crippen molar-refractivity contribution >= 4 is 22.0 Å². The summed E-state index contributed by atoms with van der Waals surface area (Å²) in [5, 5.41) is 3.29. The fourth-order valence-electron chi connectivity index (χ4n) is 4.98. The molecule has 9 nitrogen and oxygen atoms in total.